The molecule has 0 bridgehead atoms. The molecule has 9 nitrogen and oxygen atoms in total. The number of halogens is 6. The quantitative estimate of drug-likeness (QED) is 0.572. The molecule has 1 aromatic rings. The first-order valence-electron chi connectivity index (χ1n) is 9.55. The number of rotatable bonds is 1. The maximum atomic E-state index is 10.6. The highest BCUT2D eigenvalue weighted by molar-refractivity contribution is 5.73. The molecule has 33 heavy (non-hydrogen) atoms. The van der Waals surface area contributed by atoms with E-state index in [1.165, 1.54) is 12.8 Å². The zero-order valence-corrected chi connectivity index (χ0v) is 17.6. The van der Waals surface area contributed by atoms with E-state index in [4.69, 9.17) is 24.5 Å². The summed E-state index contributed by atoms with van der Waals surface area (Å²) >= 11 is 0. The van der Waals surface area contributed by atoms with E-state index in [9.17, 15) is 26.3 Å². The number of ether oxygens (including phenoxy) is 1. The van der Waals surface area contributed by atoms with Gasteiger partial charge in [-0.05, 0) is 39.0 Å². The highest BCUT2D eigenvalue weighted by atomic mass is 19.4. The van der Waals surface area contributed by atoms with Gasteiger partial charge in [-0.1, -0.05) is 0 Å². The predicted octanol–water partition coefficient (Wildman–Crippen LogP) is 2.29. The number of alkyl halides is 6. The number of aliphatic carboxylic acids is 2. The van der Waals surface area contributed by atoms with Crippen molar-refractivity contribution in [3.05, 3.63) is 18.5 Å². The van der Waals surface area contributed by atoms with E-state index in [1.807, 2.05) is 18.5 Å². The zero-order chi connectivity index (χ0) is 25.3. The number of piperidine rings is 1. The monoisotopic (exact) mass is 490 g/mol. The summed E-state index contributed by atoms with van der Waals surface area (Å²) in [7, 11) is 2.20. The predicted molar refractivity (Wildman–Crippen MR) is 102 cm³/mol. The molecule has 0 atom stereocenters. The third kappa shape index (κ3) is 10.2. The number of carboxylic acids is 2. The number of hydrogen-bond donors (Lipinski definition) is 2. The Morgan fingerprint density at radius 3 is 1.85 bits per heavy atom. The molecule has 1 aromatic heterocycles. The molecule has 0 aromatic carbocycles. The lowest BCUT2D eigenvalue weighted by atomic mass is 9.79. The topological polar surface area (TPSA) is 116 Å². The van der Waals surface area contributed by atoms with Gasteiger partial charge in [0.05, 0.1) is 13.2 Å². The van der Waals surface area contributed by atoms with Crippen LogP contribution in [0.15, 0.2) is 18.5 Å². The molecular weight excluding hydrogens is 466 g/mol. The lowest BCUT2D eigenvalue weighted by molar-refractivity contribution is -0.193. The van der Waals surface area contributed by atoms with Crippen molar-refractivity contribution in [1.29, 1.82) is 0 Å². The summed E-state index contributed by atoms with van der Waals surface area (Å²) in [5.74, 6) is -4.67. The van der Waals surface area contributed by atoms with Crippen molar-refractivity contribution in [3.63, 3.8) is 0 Å². The Hall–Kier alpha value is -2.68. The number of aromatic nitrogens is 2. The fourth-order valence-electron chi connectivity index (χ4n) is 3.01. The average Bonchev–Trinajstić information content (AvgIpc) is 2.93. The van der Waals surface area contributed by atoms with E-state index in [2.05, 4.69) is 26.8 Å². The van der Waals surface area contributed by atoms with E-state index in [-0.39, 0.29) is 5.41 Å². The summed E-state index contributed by atoms with van der Waals surface area (Å²) in [5, 5.41) is 14.2. The largest absolute Gasteiger partial charge is 0.490 e. The minimum absolute atomic E-state index is 0.280. The van der Waals surface area contributed by atoms with Crippen LogP contribution < -0.4 is 4.90 Å². The Kier molecular flexibility index (Phi) is 10.3. The number of hydrogen-bond acceptors (Lipinski definition) is 7. The molecule has 3 rings (SSSR count). The Morgan fingerprint density at radius 2 is 1.42 bits per heavy atom. The highest BCUT2D eigenvalue weighted by Gasteiger charge is 2.39. The molecule has 0 aliphatic carbocycles. The maximum Gasteiger partial charge on any atom is 0.490 e. The molecule has 0 saturated carbocycles. The lowest BCUT2D eigenvalue weighted by Gasteiger charge is -2.41. The number of carboxylic acid groups (broad SMARTS) is 2. The van der Waals surface area contributed by atoms with Crippen LogP contribution in [0.1, 0.15) is 12.8 Å². The first-order valence-corrected chi connectivity index (χ1v) is 9.55. The normalized spacial score (nSPS) is 18.8. The van der Waals surface area contributed by atoms with Crippen LogP contribution in [-0.2, 0) is 14.3 Å². The van der Waals surface area contributed by atoms with Crippen LogP contribution in [0.25, 0.3) is 0 Å². The zero-order valence-electron chi connectivity index (χ0n) is 17.6. The second-order valence-corrected chi connectivity index (χ2v) is 7.43. The van der Waals surface area contributed by atoms with Crippen LogP contribution in [0.5, 0.6) is 0 Å². The molecule has 3 heterocycles. The van der Waals surface area contributed by atoms with Crippen molar-refractivity contribution in [1.82, 2.24) is 14.9 Å². The van der Waals surface area contributed by atoms with Gasteiger partial charge in [0.15, 0.2) is 0 Å². The van der Waals surface area contributed by atoms with E-state index >= 15 is 0 Å². The summed E-state index contributed by atoms with van der Waals surface area (Å²) in [6.45, 7) is 5.88. The minimum atomic E-state index is -5.08. The van der Waals surface area contributed by atoms with Crippen molar-refractivity contribution < 1.29 is 50.9 Å². The van der Waals surface area contributed by atoms with Crippen LogP contribution in [0.3, 0.4) is 0 Å². The van der Waals surface area contributed by atoms with Crippen LogP contribution in [0, 0.1) is 5.41 Å². The molecule has 188 valence electrons. The molecular formula is C18H24F6N4O5. The first-order chi connectivity index (χ1) is 15.2. The molecule has 2 N–H and O–H groups in total. The molecule has 15 heteroatoms. The molecule has 0 amide bonds. The van der Waals surface area contributed by atoms with Crippen molar-refractivity contribution in [2.75, 3.05) is 51.3 Å². The summed E-state index contributed by atoms with van der Waals surface area (Å²) in [6.07, 6.45) is -4.13. The average molecular weight is 490 g/mol. The van der Waals surface area contributed by atoms with Gasteiger partial charge in [-0.15, -0.1) is 0 Å². The second kappa shape index (κ2) is 12.0. The fourth-order valence-corrected chi connectivity index (χ4v) is 3.01. The first kappa shape index (κ1) is 28.4. The van der Waals surface area contributed by atoms with Crippen molar-refractivity contribution >= 4 is 17.9 Å². The maximum absolute atomic E-state index is 10.6. The van der Waals surface area contributed by atoms with Gasteiger partial charge in [0, 0.05) is 30.9 Å². The minimum Gasteiger partial charge on any atom is -0.475 e. The Morgan fingerprint density at radius 1 is 0.970 bits per heavy atom. The van der Waals surface area contributed by atoms with E-state index in [0.29, 0.717) is 0 Å². The summed E-state index contributed by atoms with van der Waals surface area (Å²) in [5.41, 5.74) is 0.280. The van der Waals surface area contributed by atoms with Crippen molar-refractivity contribution in [2.45, 2.75) is 25.2 Å². The SMILES string of the molecule is CN1CCC2(CC1)COCCN(c1ncccn1)C2.O=C(O)C(F)(F)F.O=C(O)C(F)(F)F. The molecule has 2 aliphatic heterocycles. The molecule has 2 aliphatic rings. The Balaban J connectivity index is 0.000000324. The molecule has 2 fully saturated rings. The van der Waals surface area contributed by atoms with Gasteiger partial charge < -0.3 is 24.7 Å². The van der Waals surface area contributed by atoms with Crippen LogP contribution >= 0.6 is 0 Å². The molecule has 0 radical (unpaired) electrons. The number of nitrogens with zero attached hydrogens (tertiary/aromatic N) is 4. The standard InChI is InChI=1S/C14H22N4O.2C2HF3O2/c1-17-7-3-14(4-8-17)11-18(9-10-19-12-14)13-15-5-2-6-16-13;2*3-2(4,5)1(6)7/h2,5-6H,3-4,7-12H2,1H3;2*(H,6,7). The van der Waals surface area contributed by atoms with Crippen LogP contribution in [-0.4, -0.2) is 95.8 Å². The molecule has 2 saturated heterocycles. The second-order valence-electron chi connectivity index (χ2n) is 7.43. The molecule has 1 spiro atoms. The van der Waals surface area contributed by atoms with Crippen molar-refractivity contribution in [2.24, 2.45) is 5.41 Å². The van der Waals surface area contributed by atoms with Gasteiger partial charge in [-0.3, -0.25) is 0 Å². The van der Waals surface area contributed by atoms with E-state index < -0.39 is 24.3 Å². The third-order valence-electron chi connectivity index (χ3n) is 4.81. The smallest absolute Gasteiger partial charge is 0.475 e. The van der Waals surface area contributed by atoms with Crippen LogP contribution in [0.2, 0.25) is 0 Å². The number of likely N-dealkylation sites (tertiary alicyclic amines) is 1. The van der Waals surface area contributed by atoms with Crippen molar-refractivity contribution in [3.8, 4) is 0 Å². The van der Waals surface area contributed by atoms with Gasteiger partial charge in [0.2, 0.25) is 5.95 Å². The summed E-state index contributed by atoms with van der Waals surface area (Å²) < 4.78 is 69.3. The van der Waals surface area contributed by atoms with E-state index in [1.54, 1.807) is 0 Å². The summed E-state index contributed by atoms with van der Waals surface area (Å²) in [6, 6.07) is 1.86. The lowest BCUT2D eigenvalue weighted by Crippen LogP contribution is -2.46. The Labute approximate surface area is 185 Å². The highest BCUT2D eigenvalue weighted by Crippen LogP contribution is 2.34. The van der Waals surface area contributed by atoms with E-state index in [0.717, 1.165) is 45.3 Å². The summed E-state index contributed by atoms with van der Waals surface area (Å²) in [4.78, 5) is 31.3. The molecule has 0 unspecified atom stereocenters. The van der Waals surface area contributed by atoms with Gasteiger partial charge in [-0.2, -0.15) is 26.3 Å². The van der Waals surface area contributed by atoms with Gasteiger partial charge >= 0.3 is 24.3 Å². The fraction of sp³-hybridized carbons (Fsp3) is 0.667. The van der Waals surface area contributed by atoms with Crippen LogP contribution in [0.4, 0.5) is 32.3 Å². The number of carbonyl (C=O) groups is 2. The third-order valence-corrected chi connectivity index (χ3v) is 4.81. The number of anilines is 1. The van der Waals surface area contributed by atoms with Gasteiger partial charge in [0.25, 0.3) is 0 Å². The van der Waals surface area contributed by atoms with Gasteiger partial charge in [0.1, 0.15) is 0 Å². The Bertz CT molecular complexity index is 731. The van der Waals surface area contributed by atoms with Gasteiger partial charge in [-0.25, -0.2) is 19.6 Å².